The van der Waals surface area contributed by atoms with Crippen LogP contribution in [0.5, 0.6) is 0 Å². The standard InChI is InChI=1S/C14H19N3/c1-12(2)14(13-8-4-3-5-9-13)15-16-17-10-6-7-11-17/h3-5,8-9H,6-7,10-11H2,1-2H3. The van der Waals surface area contributed by atoms with Crippen molar-refractivity contribution in [2.24, 2.45) is 10.3 Å². The number of hydrogen-bond acceptors (Lipinski definition) is 2. The van der Waals surface area contributed by atoms with E-state index in [1.54, 1.807) is 0 Å². The lowest BCUT2D eigenvalue weighted by molar-refractivity contribution is 0.337. The molecule has 1 aromatic rings. The van der Waals surface area contributed by atoms with Gasteiger partial charge in [0.2, 0.25) is 0 Å². The second kappa shape index (κ2) is 5.62. The van der Waals surface area contributed by atoms with Gasteiger partial charge in [-0.3, -0.25) is 5.01 Å². The Balaban J connectivity index is 2.17. The van der Waals surface area contributed by atoms with Gasteiger partial charge in [0.05, 0.1) is 5.70 Å². The summed E-state index contributed by atoms with van der Waals surface area (Å²) in [7, 11) is 0. The van der Waals surface area contributed by atoms with Crippen LogP contribution in [0.25, 0.3) is 5.70 Å². The number of hydrogen-bond donors (Lipinski definition) is 0. The molecule has 0 unspecified atom stereocenters. The number of benzene rings is 1. The topological polar surface area (TPSA) is 28.0 Å². The number of allylic oxidation sites excluding steroid dienone is 1. The van der Waals surface area contributed by atoms with Gasteiger partial charge in [-0.1, -0.05) is 35.6 Å². The normalized spacial score (nSPS) is 15.5. The molecule has 3 nitrogen and oxygen atoms in total. The van der Waals surface area contributed by atoms with E-state index in [1.807, 2.05) is 23.2 Å². The van der Waals surface area contributed by atoms with Gasteiger partial charge in [-0.05, 0) is 32.3 Å². The average molecular weight is 229 g/mol. The molecule has 1 aliphatic heterocycles. The van der Waals surface area contributed by atoms with E-state index in [0.29, 0.717) is 0 Å². The predicted molar refractivity (Wildman–Crippen MR) is 70.4 cm³/mol. The summed E-state index contributed by atoms with van der Waals surface area (Å²) in [6, 6.07) is 10.2. The van der Waals surface area contributed by atoms with E-state index in [0.717, 1.165) is 24.4 Å². The van der Waals surface area contributed by atoms with Crippen LogP contribution in [0, 0.1) is 0 Å². The Morgan fingerprint density at radius 1 is 1.06 bits per heavy atom. The Kier molecular flexibility index (Phi) is 3.91. The van der Waals surface area contributed by atoms with Crippen LogP contribution in [0.4, 0.5) is 0 Å². The van der Waals surface area contributed by atoms with Gasteiger partial charge >= 0.3 is 0 Å². The van der Waals surface area contributed by atoms with Gasteiger partial charge in [0.15, 0.2) is 0 Å². The largest absolute Gasteiger partial charge is 0.278 e. The van der Waals surface area contributed by atoms with Crippen molar-refractivity contribution in [2.45, 2.75) is 26.7 Å². The highest BCUT2D eigenvalue weighted by Gasteiger charge is 2.09. The Morgan fingerprint density at radius 3 is 2.29 bits per heavy atom. The Bertz CT molecular complexity index is 410. The molecule has 17 heavy (non-hydrogen) atoms. The monoisotopic (exact) mass is 229 g/mol. The van der Waals surface area contributed by atoms with Crippen LogP contribution in [0.15, 0.2) is 46.2 Å². The molecule has 1 heterocycles. The summed E-state index contributed by atoms with van der Waals surface area (Å²) in [5, 5.41) is 10.8. The zero-order valence-corrected chi connectivity index (χ0v) is 10.6. The van der Waals surface area contributed by atoms with Crippen molar-refractivity contribution in [1.82, 2.24) is 5.01 Å². The minimum Gasteiger partial charge on any atom is -0.278 e. The summed E-state index contributed by atoms with van der Waals surface area (Å²) in [5.74, 6) is 0. The Morgan fingerprint density at radius 2 is 1.71 bits per heavy atom. The minimum atomic E-state index is 0.984. The highest BCUT2D eigenvalue weighted by molar-refractivity contribution is 5.66. The van der Waals surface area contributed by atoms with Gasteiger partial charge in [-0.2, -0.15) is 0 Å². The highest BCUT2D eigenvalue weighted by Crippen LogP contribution is 2.21. The fourth-order valence-corrected chi connectivity index (χ4v) is 1.94. The summed E-state index contributed by atoms with van der Waals surface area (Å²) < 4.78 is 0. The van der Waals surface area contributed by atoms with Gasteiger partial charge in [-0.25, -0.2) is 0 Å². The van der Waals surface area contributed by atoms with Crippen LogP contribution >= 0.6 is 0 Å². The van der Waals surface area contributed by atoms with Crippen molar-refractivity contribution >= 4 is 5.70 Å². The first kappa shape index (κ1) is 11.8. The molecular formula is C14H19N3. The quantitative estimate of drug-likeness (QED) is 0.722. The molecule has 1 saturated heterocycles. The summed E-state index contributed by atoms with van der Waals surface area (Å²) in [6.45, 7) is 6.22. The van der Waals surface area contributed by atoms with E-state index in [2.05, 4.69) is 36.3 Å². The zero-order valence-electron chi connectivity index (χ0n) is 10.6. The summed E-state index contributed by atoms with van der Waals surface area (Å²) in [5.41, 5.74) is 3.31. The smallest absolute Gasteiger partial charge is 0.0932 e. The van der Waals surface area contributed by atoms with Crippen LogP contribution in [0.2, 0.25) is 0 Å². The number of rotatable bonds is 3. The van der Waals surface area contributed by atoms with E-state index in [9.17, 15) is 0 Å². The van der Waals surface area contributed by atoms with Crippen LogP contribution < -0.4 is 0 Å². The second-order valence-electron chi connectivity index (χ2n) is 4.56. The minimum absolute atomic E-state index is 0.984. The molecule has 0 radical (unpaired) electrons. The fraction of sp³-hybridized carbons (Fsp3) is 0.429. The fourth-order valence-electron chi connectivity index (χ4n) is 1.94. The zero-order chi connectivity index (χ0) is 12.1. The third-order valence-corrected chi connectivity index (χ3v) is 2.87. The molecular weight excluding hydrogens is 210 g/mol. The molecule has 1 fully saturated rings. The molecule has 0 spiro atoms. The van der Waals surface area contributed by atoms with Gasteiger partial charge in [-0.15, -0.1) is 5.11 Å². The van der Waals surface area contributed by atoms with Crippen molar-refractivity contribution < 1.29 is 0 Å². The molecule has 2 rings (SSSR count). The van der Waals surface area contributed by atoms with Crippen molar-refractivity contribution in [1.29, 1.82) is 0 Å². The molecule has 0 aromatic heterocycles. The third-order valence-electron chi connectivity index (χ3n) is 2.87. The Hall–Kier alpha value is -1.64. The average Bonchev–Trinajstić information content (AvgIpc) is 2.83. The molecule has 1 aromatic carbocycles. The van der Waals surface area contributed by atoms with Crippen LogP contribution in [0.1, 0.15) is 32.3 Å². The van der Waals surface area contributed by atoms with E-state index in [4.69, 9.17) is 0 Å². The summed E-state index contributed by atoms with van der Waals surface area (Å²) in [6.07, 6.45) is 2.46. The van der Waals surface area contributed by atoms with Crippen LogP contribution in [0.3, 0.4) is 0 Å². The molecule has 0 amide bonds. The van der Waals surface area contributed by atoms with Crippen molar-refractivity contribution in [2.75, 3.05) is 13.1 Å². The highest BCUT2D eigenvalue weighted by atomic mass is 15.5. The van der Waals surface area contributed by atoms with E-state index in [1.165, 1.54) is 18.4 Å². The lowest BCUT2D eigenvalue weighted by Crippen LogP contribution is -2.09. The Labute approximate surface area is 103 Å². The summed E-state index contributed by atoms with van der Waals surface area (Å²) in [4.78, 5) is 0. The van der Waals surface area contributed by atoms with Crippen LogP contribution in [-0.4, -0.2) is 18.1 Å². The number of nitrogens with zero attached hydrogens (tertiary/aromatic N) is 3. The predicted octanol–water partition coefficient (Wildman–Crippen LogP) is 3.90. The lowest BCUT2D eigenvalue weighted by Gasteiger charge is -2.09. The van der Waals surface area contributed by atoms with Gasteiger partial charge in [0.25, 0.3) is 0 Å². The lowest BCUT2D eigenvalue weighted by atomic mass is 10.1. The maximum absolute atomic E-state index is 4.41. The molecule has 0 N–H and O–H groups in total. The van der Waals surface area contributed by atoms with Crippen LogP contribution in [-0.2, 0) is 0 Å². The first-order valence-corrected chi connectivity index (χ1v) is 6.17. The van der Waals surface area contributed by atoms with Crippen molar-refractivity contribution in [3.8, 4) is 0 Å². The van der Waals surface area contributed by atoms with Gasteiger partial charge in [0, 0.05) is 18.7 Å². The molecule has 1 aliphatic rings. The summed E-state index contributed by atoms with van der Waals surface area (Å²) >= 11 is 0. The first-order chi connectivity index (χ1) is 8.27. The molecule has 0 aliphatic carbocycles. The molecule has 90 valence electrons. The third kappa shape index (κ3) is 3.16. The molecule has 3 heteroatoms. The van der Waals surface area contributed by atoms with E-state index < -0.39 is 0 Å². The second-order valence-corrected chi connectivity index (χ2v) is 4.56. The van der Waals surface area contributed by atoms with Crippen molar-refractivity contribution in [3.05, 3.63) is 41.5 Å². The molecule has 0 atom stereocenters. The maximum Gasteiger partial charge on any atom is 0.0932 e. The molecule has 0 saturated carbocycles. The van der Waals surface area contributed by atoms with Crippen molar-refractivity contribution in [3.63, 3.8) is 0 Å². The molecule has 0 bridgehead atoms. The SMILES string of the molecule is CC(C)=C(N=NN1CCCC1)c1ccccc1. The first-order valence-electron chi connectivity index (χ1n) is 6.17. The maximum atomic E-state index is 4.41. The van der Waals surface area contributed by atoms with Gasteiger partial charge < -0.3 is 0 Å². The van der Waals surface area contributed by atoms with Gasteiger partial charge in [0.1, 0.15) is 0 Å². The van der Waals surface area contributed by atoms with E-state index >= 15 is 0 Å². The van der Waals surface area contributed by atoms with E-state index in [-0.39, 0.29) is 0 Å².